The number of likely N-dealkylation sites (N-methyl/N-ethyl adjacent to an activating group) is 1. The lowest BCUT2D eigenvalue weighted by molar-refractivity contribution is -0.137. The average Bonchev–Trinajstić information content (AvgIpc) is 3.02. The van der Waals surface area contributed by atoms with E-state index in [4.69, 9.17) is 11.6 Å². The Morgan fingerprint density at radius 2 is 1.86 bits per heavy atom. The van der Waals surface area contributed by atoms with E-state index in [2.05, 4.69) is 28.7 Å². The van der Waals surface area contributed by atoms with Gasteiger partial charge in [-0.05, 0) is 39.1 Å². The van der Waals surface area contributed by atoms with Gasteiger partial charge in [-0.15, -0.1) is 11.8 Å². The van der Waals surface area contributed by atoms with E-state index in [0.29, 0.717) is 29.7 Å². The Hall–Kier alpha value is -2.30. The van der Waals surface area contributed by atoms with Gasteiger partial charge >= 0.3 is 11.9 Å². The van der Waals surface area contributed by atoms with E-state index < -0.39 is 17.4 Å². The molecule has 0 saturated carbocycles. The van der Waals surface area contributed by atoms with Crippen LogP contribution < -0.4 is 10.6 Å². The minimum absolute atomic E-state index is 0.144. The zero-order valence-corrected chi connectivity index (χ0v) is 21.1. The number of thioether (sulfide) groups is 1. The Labute approximate surface area is 210 Å². The molecule has 5 rings (SSSR count). The Morgan fingerprint density at radius 1 is 1.14 bits per heavy atom. The van der Waals surface area contributed by atoms with Gasteiger partial charge in [-0.2, -0.15) is 18.2 Å². The molecular weight excluding hydrogens is 499 g/mol. The summed E-state index contributed by atoms with van der Waals surface area (Å²) in [6.07, 6.45) is -2.97. The number of piperazine rings is 1. The summed E-state index contributed by atoms with van der Waals surface area (Å²) in [5, 5.41) is -0.0727. The maximum Gasteiger partial charge on any atom is 0.417 e. The summed E-state index contributed by atoms with van der Waals surface area (Å²) in [4.78, 5) is 26.6. The minimum atomic E-state index is -4.64. The minimum Gasteiger partial charge on any atom is -0.353 e. The van der Waals surface area contributed by atoms with Gasteiger partial charge < -0.3 is 4.90 Å². The summed E-state index contributed by atoms with van der Waals surface area (Å²) >= 11 is 7.63. The van der Waals surface area contributed by atoms with Crippen LogP contribution in [0.4, 0.5) is 19.0 Å². The van der Waals surface area contributed by atoms with Crippen molar-refractivity contribution in [2.45, 2.75) is 49.5 Å². The fourth-order valence-electron chi connectivity index (χ4n) is 4.95. The first-order valence-electron chi connectivity index (χ1n) is 11.4. The standard InChI is InChI=1S/C24H25ClF3N5OS/c1-13-9-32(10-14(2)31(13)3)22-16-8-17(24(26,27)28)19(25)21-20(16)33(23(34)30-22)11-15(12-35-21)18-6-4-5-7-29-18/h4-8,13-15H,9-12H2,1-3H3/t13-,14+,15-/m1/s1. The fourth-order valence-corrected chi connectivity index (χ4v) is 6.60. The quantitative estimate of drug-likeness (QED) is 0.477. The van der Waals surface area contributed by atoms with E-state index in [-0.39, 0.29) is 40.3 Å². The van der Waals surface area contributed by atoms with Crippen molar-refractivity contribution in [3.8, 4) is 0 Å². The zero-order valence-electron chi connectivity index (χ0n) is 19.5. The predicted octanol–water partition coefficient (Wildman–Crippen LogP) is 4.88. The highest BCUT2D eigenvalue weighted by Gasteiger charge is 2.38. The molecule has 1 fully saturated rings. The van der Waals surface area contributed by atoms with Gasteiger partial charge in [-0.25, -0.2) is 4.79 Å². The average molecular weight is 524 g/mol. The Morgan fingerprint density at radius 3 is 2.49 bits per heavy atom. The van der Waals surface area contributed by atoms with Gasteiger partial charge in [-0.1, -0.05) is 17.7 Å². The summed E-state index contributed by atoms with van der Waals surface area (Å²) in [6, 6.07) is 6.87. The lowest BCUT2D eigenvalue weighted by Crippen LogP contribution is -2.55. The van der Waals surface area contributed by atoms with Crippen molar-refractivity contribution in [2.75, 3.05) is 30.8 Å². The maximum atomic E-state index is 14.1. The molecule has 1 aromatic carbocycles. The van der Waals surface area contributed by atoms with Crippen LogP contribution in [-0.2, 0) is 12.7 Å². The van der Waals surface area contributed by atoms with Gasteiger partial charge in [0.05, 0.1) is 21.0 Å². The van der Waals surface area contributed by atoms with E-state index in [9.17, 15) is 18.0 Å². The second-order valence-corrected chi connectivity index (χ2v) is 10.7. The van der Waals surface area contributed by atoms with Crippen molar-refractivity contribution in [2.24, 2.45) is 0 Å². The van der Waals surface area contributed by atoms with Crippen LogP contribution in [-0.4, -0.2) is 57.4 Å². The molecule has 0 unspecified atom stereocenters. The van der Waals surface area contributed by atoms with Crippen LogP contribution in [0.1, 0.15) is 31.0 Å². The third-order valence-electron chi connectivity index (χ3n) is 7.04. The number of alkyl halides is 3. The number of nitrogens with zero attached hydrogens (tertiary/aromatic N) is 5. The molecule has 2 aliphatic heterocycles. The van der Waals surface area contributed by atoms with Gasteiger partial charge in [0.15, 0.2) is 0 Å². The molecule has 0 radical (unpaired) electrons. The van der Waals surface area contributed by atoms with Crippen molar-refractivity contribution in [1.29, 1.82) is 0 Å². The molecule has 6 nitrogen and oxygen atoms in total. The van der Waals surface area contributed by atoms with Gasteiger partial charge in [-0.3, -0.25) is 14.5 Å². The van der Waals surface area contributed by atoms with E-state index in [1.807, 2.05) is 24.1 Å². The molecule has 3 aromatic rings. The summed E-state index contributed by atoms with van der Waals surface area (Å²) in [5.74, 6) is 0.538. The SMILES string of the molecule is C[C@@H]1CN(c2nc(=O)n3c4c(c(Cl)c(C(F)(F)F)cc24)SC[C@H](c2ccccn2)C3)C[C@H](C)N1C. The van der Waals surface area contributed by atoms with E-state index in [1.165, 1.54) is 16.3 Å². The molecule has 3 atom stereocenters. The van der Waals surface area contributed by atoms with Crippen molar-refractivity contribution in [1.82, 2.24) is 19.4 Å². The Kier molecular flexibility index (Phi) is 6.26. The number of pyridine rings is 1. The summed E-state index contributed by atoms with van der Waals surface area (Å²) in [6.45, 7) is 5.47. The first-order chi connectivity index (χ1) is 16.6. The Balaban J connectivity index is 1.75. The summed E-state index contributed by atoms with van der Waals surface area (Å²) < 4.78 is 43.7. The van der Waals surface area contributed by atoms with Crippen LogP contribution in [0.25, 0.3) is 10.9 Å². The second kappa shape index (κ2) is 8.97. The molecule has 0 N–H and O–H groups in total. The number of hydrogen-bond donors (Lipinski definition) is 0. The number of aromatic nitrogens is 3. The molecule has 186 valence electrons. The molecule has 11 heteroatoms. The lowest BCUT2D eigenvalue weighted by atomic mass is 10.1. The molecule has 0 spiro atoms. The van der Waals surface area contributed by atoms with Crippen LogP contribution >= 0.6 is 23.4 Å². The van der Waals surface area contributed by atoms with Crippen molar-refractivity contribution >= 4 is 40.1 Å². The summed E-state index contributed by atoms with van der Waals surface area (Å²) in [5.41, 5.74) is -0.215. The van der Waals surface area contributed by atoms with Gasteiger partial charge in [0, 0.05) is 60.7 Å². The molecule has 35 heavy (non-hydrogen) atoms. The smallest absolute Gasteiger partial charge is 0.353 e. The first-order valence-corrected chi connectivity index (χ1v) is 12.8. The monoisotopic (exact) mass is 523 g/mol. The fraction of sp³-hybridized carbons (Fsp3) is 0.458. The highest BCUT2D eigenvalue weighted by molar-refractivity contribution is 7.99. The van der Waals surface area contributed by atoms with Gasteiger partial charge in [0.2, 0.25) is 0 Å². The van der Waals surface area contributed by atoms with Crippen molar-refractivity contribution < 1.29 is 13.2 Å². The van der Waals surface area contributed by atoms with Crippen LogP contribution in [0.15, 0.2) is 40.2 Å². The van der Waals surface area contributed by atoms with E-state index >= 15 is 0 Å². The largest absolute Gasteiger partial charge is 0.417 e. The van der Waals surface area contributed by atoms with Crippen LogP contribution in [0.5, 0.6) is 0 Å². The molecule has 2 aromatic heterocycles. The van der Waals surface area contributed by atoms with Crippen LogP contribution in [0.2, 0.25) is 5.02 Å². The highest BCUT2D eigenvalue weighted by Crippen LogP contribution is 2.47. The van der Waals surface area contributed by atoms with Gasteiger partial charge in [0.25, 0.3) is 0 Å². The van der Waals surface area contributed by atoms with Crippen LogP contribution in [0, 0.1) is 0 Å². The van der Waals surface area contributed by atoms with Crippen LogP contribution in [0.3, 0.4) is 0 Å². The third-order valence-corrected chi connectivity index (χ3v) is 8.80. The topological polar surface area (TPSA) is 54.3 Å². The zero-order chi connectivity index (χ0) is 25.1. The Bertz CT molecular complexity index is 1320. The molecule has 2 aliphatic rings. The van der Waals surface area contributed by atoms with Gasteiger partial charge in [0.1, 0.15) is 5.82 Å². The second-order valence-electron chi connectivity index (χ2n) is 9.32. The molecule has 4 heterocycles. The van der Waals surface area contributed by atoms with E-state index in [1.54, 1.807) is 12.3 Å². The number of benzene rings is 1. The molecule has 0 aliphatic carbocycles. The molecule has 0 bridgehead atoms. The van der Waals surface area contributed by atoms with Crippen molar-refractivity contribution in [3.63, 3.8) is 0 Å². The predicted molar refractivity (Wildman–Crippen MR) is 133 cm³/mol. The number of halogens is 4. The molecular formula is C24H25ClF3N5OS. The van der Waals surface area contributed by atoms with E-state index in [0.717, 1.165) is 11.8 Å². The molecule has 0 amide bonds. The first kappa shape index (κ1) is 24.4. The number of anilines is 1. The number of hydrogen-bond acceptors (Lipinski definition) is 6. The molecule has 1 saturated heterocycles. The highest BCUT2D eigenvalue weighted by atomic mass is 35.5. The number of rotatable bonds is 2. The van der Waals surface area contributed by atoms with Crippen molar-refractivity contribution in [3.05, 3.63) is 57.2 Å². The maximum absolute atomic E-state index is 14.1. The normalized spacial score (nSPS) is 23.5. The lowest BCUT2D eigenvalue weighted by Gasteiger charge is -2.43. The summed E-state index contributed by atoms with van der Waals surface area (Å²) in [7, 11) is 2.02. The third kappa shape index (κ3) is 4.29.